The average molecular weight is 515 g/mol. The second-order valence-electron chi connectivity index (χ2n) is 8.27. The van der Waals surface area contributed by atoms with Gasteiger partial charge in [-0.3, -0.25) is 14.4 Å². The highest BCUT2D eigenvalue weighted by molar-refractivity contribution is 8.01. The zero-order chi connectivity index (χ0) is 25.1. The highest BCUT2D eigenvalue weighted by atomic mass is 32.2. The number of ether oxygens (including phenoxy) is 2. The maximum atomic E-state index is 11.7. The number of aliphatic carboxylic acids is 2. The smallest absolute Gasteiger partial charge is 0.303 e. The van der Waals surface area contributed by atoms with Crippen LogP contribution < -0.4 is 4.74 Å². The number of phenols is 1. The van der Waals surface area contributed by atoms with Crippen LogP contribution in [0.15, 0.2) is 12.1 Å². The first-order chi connectivity index (χ1) is 16.2. The summed E-state index contributed by atoms with van der Waals surface area (Å²) in [6.07, 6.45) is 2.68. The van der Waals surface area contributed by atoms with Gasteiger partial charge in [-0.25, -0.2) is 0 Å². The molecule has 10 heteroatoms. The second kappa shape index (κ2) is 13.8. The van der Waals surface area contributed by atoms with Crippen LogP contribution >= 0.6 is 23.5 Å². The lowest BCUT2D eigenvalue weighted by molar-refractivity contribution is -0.139. The summed E-state index contributed by atoms with van der Waals surface area (Å²) in [6, 6.07) is 3.34. The molecule has 0 aromatic heterocycles. The van der Waals surface area contributed by atoms with Gasteiger partial charge in [0.2, 0.25) is 0 Å². The van der Waals surface area contributed by atoms with E-state index in [2.05, 4.69) is 0 Å². The number of hydrogen-bond donors (Lipinski definition) is 3. The Balaban J connectivity index is 1.78. The number of rotatable bonds is 16. The van der Waals surface area contributed by atoms with Gasteiger partial charge in [0.1, 0.15) is 16.4 Å². The van der Waals surface area contributed by atoms with Crippen LogP contribution in [0.25, 0.3) is 0 Å². The lowest BCUT2D eigenvalue weighted by Crippen LogP contribution is -2.29. The quantitative estimate of drug-likeness (QED) is 0.212. The first-order valence-electron chi connectivity index (χ1n) is 11.5. The SMILES string of the molecule is CCCc1c(OCCCSCC2CSC(CCC(=O)O)(CCC(=O)O)O2)ccc(C(C)=O)c1O. The Bertz CT molecular complexity index is 840. The van der Waals surface area contributed by atoms with Gasteiger partial charge in [0.15, 0.2) is 5.78 Å². The van der Waals surface area contributed by atoms with E-state index in [1.165, 1.54) is 18.7 Å². The van der Waals surface area contributed by atoms with Gasteiger partial charge in [0.25, 0.3) is 0 Å². The standard InChI is InChI=1S/C24H34O8S2/c1-3-5-19-20(7-6-18(16(2)25)23(19)30)31-12-4-13-33-14-17-15-34-24(32-17,10-8-21(26)27)11-9-22(28)29/h6-7,17,30H,3-5,8-15H2,1-2H3,(H,26,27)(H,28,29). The molecule has 1 saturated heterocycles. The molecule has 34 heavy (non-hydrogen) atoms. The number of carboxylic acids is 2. The second-order valence-corrected chi connectivity index (χ2v) is 10.8. The zero-order valence-corrected chi connectivity index (χ0v) is 21.3. The van der Waals surface area contributed by atoms with Crippen molar-refractivity contribution in [1.29, 1.82) is 0 Å². The van der Waals surface area contributed by atoms with Crippen LogP contribution in [0, 0.1) is 0 Å². The van der Waals surface area contributed by atoms with Crippen LogP contribution in [-0.4, -0.2) is 67.9 Å². The average Bonchev–Trinajstić information content (AvgIpc) is 3.19. The molecule has 0 bridgehead atoms. The van der Waals surface area contributed by atoms with Crippen LogP contribution in [0.4, 0.5) is 0 Å². The normalized spacial score (nSPS) is 16.9. The number of thioether (sulfide) groups is 2. The monoisotopic (exact) mass is 514 g/mol. The summed E-state index contributed by atoms with van der Waals surface area (Å²) in [5.74, 6) is 0.890. The van der Waals surface area contributed by atoms with Crippen molar-refractivity contribution in [3.63, 3.8) is 0 Å². The minimum atomic E-state index is -0.914. The molecule has 0 aliphatic carbocycles. The maximum absolute atomic E-state index is 11.7. The van der Waals surface area contributed by atoms with E-state index < -0.39 is 16.9 Å². The first-order valence-corrected chi connectivity index (χ1v) is 13.6. The lowest BCUT2D eigenvalue weighted by Gasteiger charge is -2.27. The Hall–Kier alpha value is -1.91. The van der Waals surface area contributed by atoms with Gasteiger partial charge in [-0.15, -0.1) is 11.8 Å². The molecule has 1 aromatic carbocycles. The van der Waals surface area contributed by atoms with E-state index in [1.54, 1.807) is 23.9 Å². The van der Waals surface area contributed by atoms with Gasteiger partial charge in [0.05, 0.1) is 18.3 Å². The maximum Gasteiger partial charge on any atom is 0.303 e. The van der Waals surface area contributed by atoms with Crippen LogP contribution in [0.5, 0.6) is 11.5 Å². The van der Waals surface area contributed by atoms with Crippen molar-refractivity contribution in [2.24, 2.45) is 0 Å². The number of benzene rings is 1. The van der Waals surface area contributed by atoms with Crippen LogP contribution in [-0.2, 0) is 20.7 Å². The van der Waals surface area contributed by atoms with Crippen molar-refractivity contribution in [3.8, 4) is 11.5 Å². The molecule has 1 aromatic rings. The Labute approximate surface area is 208 Å². The molecular weight excluding hydrogens is 480 g/mol. The molecule has 1 aliphatic heterocycles. The third-order valence-corrected chi connectivity index (χ3v) is 8.22. The number of hydrogen-bond acceptors (Lipinski definition) is 8. The highest BCUT2D eigenvalue weighted by Gasteiger charge is 2.41. The molecule has 190 valence electrons. The summed E-state index contributed by atoms with van der Waals surface area (Å²) in [6.45, 7) is 3.91. The van der Waals surface area contributed by atoms with Gasteiger partial charge in [-0.05, 0) is 50.5 Å². The summed E-state index contributed by atoms with van der Waals surface area (Å²) >= 11 is 3.24. The van der Waals surface area contributed by atoms with Crippen molar-refractivity contribution >= 4 is 41.2 Å². The van der Waals surface area contributed by atoms with Gasteiger partial charge in [-0.1, -0.05) is 13.3 Å². The predicted octanol–water partition coefficient (Wildman–Crippen LogP) is 4.61. The molecule has 0 saturated carbocycles. The van der Waals surface area contributed by atoms with E-state index in [1.807, 2.05) is 6.92 Å². The molecule has 1 fully saturated rings. The Morgan fingerprint density at radius 1 is 1.21 bits per heavy atom. The van der Waals surface area contributed by atoms with E-state index in [0.29, 0.717) is 48.5 Å². The molecule has 0 radical (unpaired) electrons. The number of Topliss-reactive ketones (excluding diaryl/α,β-unsaturated/α-hetero) is 1. The van der Waals surface area contributed by atoms with Crippen LogP contribution in [0.3, 0.4) is 0 Å². The van der Waals surface area contributed by atoms with Crippen molar-refractivity contribution in [1.82, 2.24) is 0 Å². The summed E-state index contributed by atoms with van der Waals surface area (Å²) in [5.41, 5.74) is 0.974. The predicted molar refractivity (Wildman–Crippen MR) is 133 cm³/mol. The molecule has 1 heterocycles. The van der Waals surface area contributed by atoms with E-state index in [9.17, 15) is 19.5 Å². The van der Waals surface area contributed by atoms with Gasteiger partial charge in [-0.2, -0.15) is 11.8 Å². The lowest BCUT2D eigenvalue weighted by atomic mass is 10.0. The zero-order valence-electron chi connectivity index (χ0n) is 19.7. The molecule has 1 unspecified atom stereocenters. The minimum Gasteiger partial charge on any atom is -0.507 e. The molecule has 2 rings (SSSR count). The number of ketones is 1. The van der Waals surface area contributed by atoms with E-state index in [4.69, 9.17) is 19.7 Å². The van der Waals surface area contributed by atoms with Crippen molar-refractivity contribution < 1.29 is 39.2 Å². The molecule has 1 aliphatic rings. The fourth-order valence-corrected chi connectivity index (χ4v) is 6.23. The van der Waals surface area contributed by atoms with E-state index >= 15 is 0 Å². The topological polar surface area (TPSA) is 130 Å². The molecule has 3 N–H and O–H groups in total. The van der Waals surface area contributed by atoms with E-state index in [0.717, 1.165) is 24.3 Å². The third kappa shape index (κ3) is 8.70. The Kier molecular flexibility index (Phi) is 11.5. The highest BCUT2D eigenvalue weighted by Crippen LogP contribution is 2.44. The van der Waals surface area contributed by atoms with Crippen LogP contribution in [0.1, 0.15) is 68.3 Å². The number of aromatic hydroxyl groups is 1. The Morgan fingerprint density at radius 3 is 2.47 bits per heavy atom. The van der Waals surface area contributed by atoms with Crippen LogP contribution in [0.2, 0.25) is 0 Å². The fourth-order valence-electron chi connectivity index (χ4n) is 3.77. The number of carboxylic acid groups (broad SMARTS) is 2. The number of carbonyl (C=O) groups is 3. The third-order valence-electron chi connectivity index (χ3n) is 5.47. The molecule has 0 spiro atoms. The summed E-state index contributed by atoms with van der Waals surface area (Å²) in [7, 11) is 0. The molecule has 1 atom stereocenters. The Morgan fingerprint density at radius 2 is 1.88 bits per heavy atom. The van der Waals surface area contributed by atoms with E-state index in [-0.39, 0.29) is 30.5 Å². The molecule has 8 nitrogen and oxygen atoms in total. The fraction of sp³-hybridized carbons (Fsp3) is 0.625. The first kappa shape index (κ1) is 28.3. The van der Waals surface area contributed by atoms with Crippen molar-refractivity contribution in [3.05, 3.63) is 23.3 Å². The number of carbonyl (C=O) groups excluding carboxylic acids is 1. The summed E-state index contributed by atoms with van der Waals surface area (Å²) in [5, 5.41) is 28.5. The van der Waals surface area contributed by atoms with Crippen molar-refractivity contribution in [2.45, 2.75) is 69.8 Å². The summed E-state index contributed by atoms with van der Waals surface area (Å²) in [4.78, 5) is 32.9. The molecular formula is C24H34O8S2. The van der Waals surface area contributed by atoms with Gasteiger partial charge in [0, 0.05) is 29.9 Å². The van der Waals surface area contributed by atoms with Crippen molar-refractivity contribution in [2.75, 3.05) is 23.9 Å². The summed E-state index contributed by atoms with van der Waals surface area (Å²) < 4.78 is 12.0. The molecule has 0 amide bonds. The van der Waals surface area contributed by atoms with Gasteiger partial charge < -0.3 is 24.8 Å². The number of phenolic OH excluding ortho intramolecular Hbond substituents is 1. The minimum absolute atomic E-state index is 0.00591. The van der Waals surface area contributed by atoms with Gasteiger partial charge >= 0.3 is 11.9 Å². The largest absolute Gasteiger partial charge is 0.507 e.